The summed E-state index contributed by atoms with van der Waals surface area (Å²) in [5.41, 5.74) is 2.07. The quantitative estimate of drug-likeness (QED) is 0.623. The number of carbonyl (C=O) groups is 4. The van der Waals surface area contributed by atoms with Gasteiger partial charge in [-0.2, -0.15) is 0 Å². The first kappa shape index (κ1) is 21.5. The Labute approximate surface area is 184 Å². The van der Waals surface area contributed by atoms with Gasteiger partial charge in [0.05, 0.1) is 24.8 Å². The molecule has 2 aromatic rings. The number of amides is 4. The van der Waals surface area contributed by atoms with E-state index in [9.17, 15) is 24.3 Å². The smallest absolute Gasteiger partial charge is 0.262 e. The molecule has 0 saturated carbocycles. The number of nitrogens with zero attached hydrogens (tertiary/aromatic N) is 2. The summed E-state index contributed by atoms with van der Waals surface area (Å²) in [6, 6.07) is 11.4. The molecule has 9 nitrogen and oxygen atoms in total. The SMILES string of the molecule is COc1ccc(CN(CCO)c2ccc3c(c2)C(=O)N(C2CCC(=O)NC2=O)C3=O)cc1. The van der Waals surface area contributed by atoms with E-state index in [2.05, 4.69) is 5.32 Å². The van der Waals surface area contributed by atoms with E-state index < -0.39 is 29.7 Å². The fourth-order valence-corrected chi connectivity index (χ4v) is 4.03. The highest BCUT2D eigenvalue weighted by molar-refractivity contribution is 6.23. The molecule has 0 spiro atoms. The molecular formula is C23H23N3O6. The first-order valence-electron chi connectivity index (χ1n) is 10.3. The van der Waals surface area contributed by atoms with Crippen LogP contribution < -0.4 is 15.0 Å². The molecule has 1 saturated heterocycles. The summed E-state index contributed by atoms with van der Waals surface area (Å²) >= 11 is 0. The lowest BCUT2D eigenvalue weighted by molar-refractivity contribution is -0.136. The van der Waals surface area contributed by atoms with Crippen molar-refractivity contribution in [3.63, 3.8) is 0 Å². The molecule has 4 amide bonds. The minimum atomic E-state index is -1.00. The van der Waals surface area contributed by atoms with Gasteiger partial charge in [0.25, 0.3) is 11.8 Å². The Hall–Kier alpha value is -3.72. The number of aliphatic hydroxyl groups excluding tert-OH is 1. The number of carbonyl (C=O) groups excluding carboxylic acids is 4. The third-order valence-corrected chi connectivity index (χ3v) is 5.69. The van der Waals surface area contributed by atoms with Crippen LogP contribution in [0.25, 0.3) is 0 Å². The number of rotatable bonds is 7. The molecule has 2 aromatic carbocycles. The number of fused-ring (bicyclic) bond motifs is 1. The fourth-order valence-electron chi connectivity index (χ4n) is 4.03. The van der Waals surface area contributed by atoms with Crippen LogP contribution >= 0.6 is 0 Å². The highest BCUT2D eigenvalue weighted by atomic mass is 16.5. The van der Waals surface area contributed by atoms with Crippen molar-refractivity contribution >= 4 is 29.3 Å². The molecular weight excluding hydrogens is 414 g/mol. The number of hydrogen-bond acceptors (Lipinski definition) is 7. The van der Waals surface area contributed by atoms with Gasteiger partial charge in [0.2, 0.25) is 11.8 Å². The van der Waals surface area contributed by atoms with Gasteiger partial charge >= 0.3 is 0 Å². The number of benzene rings is 2. The van der Waals surface area contributed by atoms with Crippen LogP contribution in [-0.2, 0) is 16.1 Å². The lowest BCUT2D eigenvalue weighted by Gasteiger charge is -2.27. The predicted octanol–water partition coefficient (Wildman–Crippen LogP) is 1.10. The molecule has 1 fully saturated rings. The third-order valence-electron chi connectivity index (χ3n) is 5.69. The molecule has 1 atom stereocenters. The molecule has 0 aromatic heterocycles. The number of aliphatic hydroxyl groups is 1. The second-order valence-corrected chi connectivity index (χ2v) is 7.67. The van der Waals surface area contributed by atoms with Gasteiger partial charge in [0, 0.05) is 25.2 Å². The normalized spacial score (nSPS) is 17.9. The number of imide groups is 2. The van der Waals surface area contributed by atoms with Gasteiger partial charge < -0.3 is 14.7 Å². The Morgan fingerprint density at radius 3 is 2.44 bits per heavy atom. The van der Waals surface area contributed by atoms with Gasteiger partial charge in [-0.05, 0) is 42.3 Å². The summed E-state index contributed by atoms with van der Waals surface area (Å²) in [4.78, 5) is 52.4. The average Bonchev–Trinajstić information content (AvgIpc) is 3.04. The molecule has 2 heterocycles. The van der Waals surface area contributed by atoms with Gasteiger partial charge in [-0.25, -0.2) is 0 Å². The topological polar surface area (TPSA) is 116 Å². The van der Waals surface area contributed by atoms with Crippen LogP contribution in [0.5, 0.6) is 5.75 Å². The van der Waals surface area contributed by atoms with E-state index in [4.69, 9.17) is 4.74 Å². The number of ether oxygens (including phenoxy) is 1. The molecule has 2 N–H and O–H groups in total. The van der Waals surface area contributed by atoms with Crippen LogP contribution in [-0.4, -0.2) is 59.9 Å². The van der Waals surface area contributed by atoms with E-state index in [1.54, 1.807) is 25.3 Å². The van der Waals surface area contributed by atoms with Crippen molar-refractivity contribution in [1.29, 1.82) is 0 Å². The average molecular weight is 437 g/mol. The van der Waals surface area contributed by atoms with Crippen LogP contribution in [0.1, 0.15) is 39.1 Å². The molecule has 4 rings (SSSR count). The minimum absolute atomic E-state index is 0.0706. The standard InChI is InChI=1S/C23H23N3O6/c1-32-16-5-2-14(3-6-16)13-25(10-11-27)15-4-7-17-18(12-15)23(31)26(22(17)30)19-8-9-20(28)24-21(19)29/h2-7,12,19,27H,8-11,13H2,1H3,(H,24,28,29). The molecule has 0 aliphatic carbocycles. The van der Waals surface area contributed by atoms with Crippen LogP contribution in [0.3, 0.4) is 0 Å². The minimum Gasteiger partial charge on any atom is -0.497 e. The third kappa shape index (κ3) is 3.94. The Bertz CT molecular complexity index is 1080. The number of anilines is 1. The highest BCUT2D eigenvalue weighted by Crippen LogP contribution is 2.31. The summed E-state index contributed by atoms with van der Waals surface area (Å²) in [7, 11) is 1.59. The maximum atomic E-state index is 13.1. The molecule has 166 valence electrons. The van der Waals surface area contributed by atoms with E-state index in [1.165, 1.54) is 0 Å². The number of hydrogen-bond donors (Lipinski definition) is 2. The van der Waals surface area contributed by atoms with Crippen molar-refractivity contribution in [2.24, 2.45) is 0 Å². The molecule has 2 aliphatic heterocycles. The zero-order chi connectivity index (χ0) is 22.8. The lowest BCUT2D eigenvalue weighted by Crippen LogP contribution is -2.54. The van der Waals surface area contributed by atoms with E-state index >= 15 is 0 Å². The van der Waals surface area contributed by atoms with Gasteiger partial charge in [-0.15, -0.1) is 0 Å². The highest BCUT2D eigenvalue weighted by Gasteiger charge is 2.44. The van der Waals surface area contributed by atoms with Crippen molar-refractivity contribution in [1.82, 2.24) is 10.2 Å². The molecule has 1 unspecified atom stereocenters. The first-order valence-corrected chi connectivity index (χ1v) is 10.3. The van der Waals surface area contributed by atoms with Crippen molar-refractivity contribution in [3.8, 4) is 5.75 Å². The molecule has 2 aliphatic rings. The zero-order valence-corrected chi connectivity index (χ0v) is 17.5. The summed E-state index contributed by atoms with van der Waals surface area (Å²) in [6.07, 6.45) is 0.179. The van der Waals surface area contributed by atoms with Crippen molar-refractivity contribution in [2.75, 3.05) is 25.2 Å². The Kier molecular flexibility index (Phi) is 5.91. The Morgan fingerprint density at radius 1 is 1.06 bits per heavy atom. The largest absolute Gasteiger partial charge is 0.497 e. The van der Waals surface area contributed by atoms with E-state index in [0.717, 1.165) is 16.2 Å². The lowest BCUT2D eigenvalue weighted by atomic mass is 10.0. The second kappa shape index (κ2) is 8.80. The molecule has 9 heteroatoms. The summed E-state index contributed by atoms with van der Waals surface area (Å²) in [5.74, 6) is -1.43. The van der Waals surface area contributed by atoms with Crippen molar-refractivity contribution in [3.05, 3.63) is 59.2 Å². The van der Waals surface area contributed by atoms with Crippen LogP contribution in [0.15, 0.2) is 42.5 Å². The van der Waals surface area contributed by atoms with Gasteiger partial charge in [-0.3, -0.25) is 29.4 Å². The summed E-state index contributed by atoms with van der Waals surface area (Å²) < 4.78 is 5.18. The zero-order valence-electron chi connectivity index (χ0n) is 17.5. The first-order chi connectivity index (χ1) is 15.4. The summed E-state index contributed by atoms with van der Waals surface area (Å²) in [6.45, 7) is 0.703. The van der Waals surface area contributed by atoms with E-state index in [1.807, 2.05) is 29.2 Å². The van der Waals surface area contributed by atoms with Crippen molar-refractivity contribution in [2.45, 2.75) is 25.4 Å². The number of methoxy groups -OCH3 is 1. The fraction of sp³-hybridized carbons (Fsp3) is 0.304. The van der Waals surface area contributed by atoms with Crippen LogP contribution in [0.2, 0.25) is 0 Å². The molecule has 32 heavy (non-hydrogen) atoms. The summed E-state index contributed by atoms with van der Waals surface area (Å²) in [5, 5.41) is 11.7. The van der Waals surface area contributed by atoms with E-state index in [0.29, 0.717) is 18.8 Å². The van der Waals surface area contributed by atoms with Crippen molar-refractivity contribution < 1.29 is 29.0 Å². The maximum Gasteiger partial charge on any atom is 0.262 e. The molecule has 0 bridgehead atoms. The second-order valence-electron chi connectivity index (χ2n) is 7.67. The van der Waals surface area contributed by atoms with Gasteiger partial charge in [0.15, 0.2) is 0 Å². The monoisotopic (exact) mass is 437 g/mol. The number of nitrogens with one attached hydrogen (secondary N) is 1. The van der Waals surface area contributed by atoms with Gasteiger partial charge in [0.1, 0.15) is 11.8 Å². The van der Waals surface area contributed by atoms with Crippen LogP contribution in [0.4, 0.5) is 5.69 Å². The predicted molar refractivity (Wildman–Crippen MR) is 114 cm³/mol. The Morgan fingerprint density at radius 2 is 1.78 bits per heavy atom. The molecule has 0 radical (unpaired) electrons. The number of piperidine rings is 1. The van der Waals surface area contributed by atoms with E-state index in [-0.39, 0.29) is 30.6 Å². The van der Waals surface area contributed by atoms with Crippen LogP contribution in [0, 0.1) is 0 Å². The maximum absolute atomic E-state index is 13.1. The Balaban J connectivity index is 1.59. The van der Waals surface area contributed by atoms with Gasteiger partial charge in [-0.1, -0.05) is 12.1 Å².